The van der Waals surface area contributed by atoms with Gasteiger partial charge in [-0.25, -0.2) is 4.39 Å². The van der Waals surface area contributed by atoms with Crippen LogP contribution in [0.25, 0.3) is 0 Å². The van der Waals surface area contributed by atoms with E-state index in [2.05, 4.69) is 0 Å². The van der Waals surface area contributed by atoms with Crippen LogP contribution in [-0.2, 0) is 0 Å². The Morgan fingerprint density at radius 2 is 2.21 bits per heavy atom. The number of halogens is 1. The Kier molecular flexibility index (Phi) is 2.73. The van der Waals surface area contributed by atoms with Crippen LogP contribution in [0.3, 0.4) is 0 Å². The highest BCUT2D eigenvalue weighted by molar-refractivity contribution is 5.97. The lowest BCUT2D eigenvalue weighted by atomic mass is 10.0. The second kappa shape index (κ2) is 3.79. The highest BCUT2D eigenvalue weighted by Gasteiger charge is 2.12. The molecule has 0 spiro atoms. The van der Waals surface area contributed by atoms with Crippen LogP contribution < -0.4 is 0 Å². The quantitative estimate of drug-likeness (QED) is 0.528. The second-order valence-electron chi connectivity index (χ2n) is 2.71. The number of carbonyl (C=O) groups is 2. The van der Waals surface area contributed by atoms with E-state index in [-0.39, 0.29) is 16.7 Å². The third kappa shape index (κ3) is 1.67. The van der Waals surface area contributed by atoms with Gasteiger partial charge in [-0.1, -0.05) is 0 Å². The zero-order valence-corrected chi connectivity index (χ0v) is 7.37. The zero-order chi connectivity index (χ0) is 10.7. The van der Waals surface area contributed by atoms with E-state index in [9.17, 15) is 14.0 Å². The van der Waals surface area contributed by atoms with E-state index < -0.39 is 11.6 Å². The standard InChI is InChI=1S/C10H6FNO2/c1-6(14)9-3-10(11)8(5-13)2-7(9)4-12/h2-3,5H,1H3. The number of aldehydes is 1. The molecule has 0 aromatic heterocycles. The number of Topliss-reactive ketones (excluding diaryl/α,β-unsaturated/α-hetero) is 1. The summed E-state index contributed by atoms with van der Waals surface area (Å²) in [5, 5.41) is 8.64. The summed E-state index contributed by atoms with van der Waals surface area (Å²) in [5.74, 6) is -1.19. The van der Waals surface area contributed by atoms with E-state index in [1.807, 2.05) is 0 Å². The molecule has 0 aliphatic carbocycles. The van der Waals surface area contributed by atoms with E-state index in [4.69, 9.17) is 5.26 Å². The molecular weight excluding hydrogens is 185 g/mol. The number of nitrogens with zero attached hydrogens (tertiary/aromatic N) is 1. The van der Waals surface area contributed by atoms with Gasteiger partial charge < -0.3 is 0 Å². The van der Waals surface area contributed by atoms with Gasteiger partial charge >= 0.3 is 0 Å². The number of hydrogen-bond donors (Lipinski definition) is 0. The highest BCUT2D eigenvalue weighted by Crippen LogP contribution is 2.14. The maximum absolute atomic E-state index is 13.0. The molecule has 0 bridgehead atoms. The summed E-state index contributed by atoms with van der Waals surface area (Å²) in [6.07, 6.45) is 0.306. The molecule has 1 aromatic rings. The van der Waals surface area contributed by atoms with Gasteiger partial charge in [0.1, 0.15) is 5.82 Å². The minimum Gasteiger partial charge on any atom is -0.298 e. The Bertz CT molecular complexity index is 446. The SMILES string of the molecule is CC(=O)c1cc(F)c(C=O)cc1C#N. The van der Waals surface area contributed by atoms with Crippen LogP contribution in [0.2, 0.25) is 0 Å². The van der Waals surface area contributed by atoms with Crippen molar-refractivity contribution in [1.29, 1.82) is 5.26 Å². The van der Waals surface area contributed by atoms with Gasteiger partial charge in [-0.2, -0.15) is 5.26 Å². The first-order chi connectivity index (χ1) is 6.60. The second-order valence-corrected chi connectivity index (χ2v) is 2.71. The average Bonchev–Trinajstić information content (AvgIpc) is 2.17. The third-order valence-corrected chi connectivity index (χ3v) is 1.76. The van der Waals surface area contributed by atoms with Gasteiger partial charge in [-0.15, -0.1) is 0 Å². The minimum absolute atomic E-state index is 0.00407. The molecular formula is C10H6FNO2. The summed E-state index contributed by atoms with van der Waals surface area (Å²) < 4.78 is 13.0. The average molecular weight is 191 g/mol. The summed E-state index contributed by atoms with van der Waals surface area (Å²) in [5.41, 5.74) is -0.205. The fraction of sp³-hybridized carbons (Fsp3) is 0.100. The van der Waals surface area contributed by atoms with Crippen LogP contribution in [0.5, 0.6) is 0 Å². The Hall–Kier alpha value is -2.02. The molecule has 0 atom stereocenters. The molecule has 3 nitrogen and oxygen atoms in total. The van der Waals surface area contributed by atoms with Gasteiger partial charge in [-0.05, 0) is 19.1 Å². The Morgan fingerprint density at radius 1 is 1.57 bits per heavy atom. The molecule has 1 rings (SSSR count). The molecule has 0 N–H and O–H groups in total. The predicted molar refractivity (Wildman–Crippen MR) is 46.5 cm³/mol. The third-order valence-electron chi connectivity index (χ3n) is 1.76. The van der Waals surface area contributed by atoms with E-state index in [1.165, 1.54) is 6.92 Å². The van der Waals surface area contributed by atoms with Gasteiger partial charge in [-0.3, -0.25) is 9.59 Å². The summed E-state index contributed by atoms with van der Waals surface area (Å²) in [4.78, 5) is 21.3. The molecule has 0 amide bonds. The molecule has 0 saturated heterocycles. The number of nitriles is 1. The molecule has 14 heavy (non-hydrogen) atoms. The van der Waals surface area contributed by atoms with Crippen molar-refractivity contribution in [3.05, 3.63) is 34.6 Å². The molecule has 0 unspecified atom stereocenters. The largest absolute Gasteiger partial charge is 0.298 e. The van der Waals surface area contributed by atoms with Gasteiger partial charge in [0.15, 0.2) is 12.1 Å². The molecule has 0 aliphatic rings. The van der Waals surface area contributed by atoms with Gasteiger partial charge in [0.05, 0.1) is 17.2 Å². The van der Waals surface area contributed by atoms with Crippen molar-refractivity contribution in [1.82, 2.24) is 0 Å². The predicted octanol–water partition coefficient (Wildman–Crippen LogP) is 1.71. The van der Waals surface area contributed by atoms with Crippen molar-refractivity contribution < 1.29 is 14.0 Å². The molecule has 0 radical (unpaired) electrons. The topological polar surface area (TPSA) is 57.9 Å². The van der Waals surface area contributed by atoms with Crippen molar-refractivity contribution in [2.45, 2.75) is 6.92 Å². The van der Waals surface area contributed by atoms with Gasteiger partial charge in [0.25, 0.3) is 0 Å². The summed E-state index contributed by atoms with van der Waals surface area (Å²) in [6.45, 7) is 1.23. The monoisotopic (exact) mass is 191 g/mol. The zero-order valence-electron chi connectivity index (χ0n) is 7.37. The number of benzene rings is 1. The fourth-order valence-electron chi connectivity index (χ4n) is 1.06. The highest BCUT2D eigenvalue weighted by atomic mass is 19.1. The van der Waals surface area contributed by atoms with Crippen LogP contribution in [0.4, 0.5) is 4.39 Å². The number of rotatable bonds is 2. The van der Waals surface area contributed by atoms with Crippen molar-refractivity contribution in [2.24, 2.45) is 0 Å². The Morgan fingerprint density at radius 3 is 2.64 bits per heavy atom. The molecule has 0 aliphatic heterocycles. The van der Waals surface area contributed by atoms with Gasteiger partial charge in [0.2, 0.25) is 0 Å². The van der Waals surface area contributed by atoms with Crippen LogP contribution >= 0.6 is 0 Å². The first-order valence-electron chi connectivity index (χ1n) is 3.80. The lowest BCUT2D eigenvalue weighted by molar-refractivity contribution is 0.101. The lowest BCUT2D eigenvalue weighted by Crippen LogP contribution is -2.00. The lowest BCUT2D eigenvalue weighted by Gasteiger charge is -2.01. The van der Waals surface area contributed by atoms with Crippen molar-refractivity contribution in [2.75, 3.05) is 0 Å². The maximum atomic E-state index is 13.0. The van der Waals surface area contributed by atoms with E-state index in [0.717, 1.165) is 12.1 Å². The number of carbonyl (C=O) groups excluding carboxylic acids is 2. The smallest absolute Gasteiger partial charge is 0.161 e. The van der Waals surface area contributed by atoms with E-state index in [1.54, 1.807) is 6.07 Å². The first kappa shape index (κ1) is 10.1. The van der Waals surface area contributed by atoms with E-state index >= 15 is 0 Å². The number of hydrogen-bond acceptors (Lipinski definition) is 3. The van der Waals surface area contributed by atoms with Crippen LogP contribution in [0, 0.1) is 17.1 Å². The Balaban J connectivity index is 3.48. The molecule has 4 heteroatoms. The van der Waals surface area contributed by atoms with Crippen molar-refractivity contribution >= 4 is 12.1 Å². The summed E-state index contributed by atoms with van der Waals surface area (Å²) >= 11 is 0. The molecule has 0 fully saturated rings. The van der Waals surface area contributed by atoms with Crippen molar-refractivity contribution in [3.63, 3.8) is 0 Å². The normalized spacial score (nSPS) is 9.21. The molecule has 0 heterocycles. The maximum Gasteiger partial charge on any atom is 0.161 e. The molecule has 0 saturated carbocycles. The van der Waals surface area contributed by atoms with Crippen LogP contribution in [-0.4, -0.2) is 12.1 Å². The van der Waals surface area contributed by atoms with Crippen molar-refractivity contribution in [3.8, 4) is 6.07 Å². The number of ketones is 1. The van der Waals surface area contributed by atoms with Crippen LogP contribution in [0.1, 0.15) is 33.2 Å². The minimum atomic E-state index is -0.788. The summed E-state index contributed by atoms with van der Waals surface area (Å²) in [7, 11) is 0. The molecule has 1 aromatic carbocycles. The fourth-order valence-corrected chi connectivity index (χ4v) is 1.06. The Labute approximate surface area is 79.8 Å². The van der Waals surface area contributed by atoms with Crippen LogP contribution in [0.15, 0.2) is 12.1 Å². The first-order valence-corrected chi connectivity index (χ1v) is 3.80. The summed E-state index contributed by atoms with van der Waals surface area (Å²) in [6, 6.07) is 3.71. The van der Waals surface area contributed by atoms with Gasteiger partial charge in [0, 0.05) is 5.56 Å². The van der Waals surface area contributed by atoms with E-state index in [0.29, 0.717) is 6.29 Å². The molecule has 70 valence electrons.